The van der Waals surface area contributed by atoms with Crippen LogP contribution >= 0.6 is 11.8 Å². The van der Waals surface area contributed by atoms with Crippen LogP contribution in [0.4, 0.5) is 0 Å². The van der Waals surface area contributed by atoms with Gasteiger partial charge in [-0.05, 0) is 26.0 Å². The Morgan fingerprint density at radius 2 is 1.44 bits per heavy atom. The number of para-hydroxylation sites is 1. The second-order valence-electron chi connectivity index (χ2n) is 7.82. The Morgan fingerprint density at radius 1 is 0.781 bits per heavy atom. The Hall–Kier alpha value is -3.64. The summed E-state index contributed by atoms with van der Waals surface area (Å²) in [7, 11) is 0. The van der Waals surface area contributed by atoms with Crippen molar-refractivity contribution >= 4 is 22.7 Å². The van der Waals surface area contributed by atoms with Crippen molar-refractivity contribution in [1.29, 1.82) is 0 Å². The van der Waals surface area contributed by atoms with E-state index in [1.165, 1.54) is 22.9 Å². The molecule has 0 saturated heterocycles. The number of nitrogens with one attached hydrogen (secondary N) is 2. The van der Waals surface area contributed by atoms with Crippen LogP contribution in [0, 0.1) is 13.8 Å². The lowest BCUT2D eigenvalue weighted by atomic mass is 10.0. The number of rotatable bonds is 5. The van der Waals surface area contributed by atoms with Crippen molar-refractivity contribution in [2.45, 2.75) is 24.8 Å². The molecule has 5 rings (SSSR count). The number of nitrogens with zero attached hydrogens (tertiary/aromatic N) is 2. The SMILES string of the molecule is Cc1ccc(-c2nc(SCc3nc4ccccc4c(=O)[nH]3)[nH]c2-c2ccc(C)cc2)cc1. The molecular weight excluding hydrogens is 416 g/mol. The van der Waals surface area contributed by atoms with Crippen LogP contribution in [0.25, 0.3) is 33.4 Å². The van der Waals surface area contributed by atoms with Gasteiger partial charge in [0.15, 0.2) is 5.16 Å². The third kappa shape index (κ3) is 4.09. The zero-order valence-electron chi connectivity index (χ0n) is 17.8. The topological polar surface area (TPSA) is 74.4 Å². The molecule has 0 aliphatic carbocycles. The minimum atomic E-state index is -0.119. The molecule has 5 nitrogen and oxygen atoms in total. The Bertz CT molecular complexity index is 1390. The Kier molecular flexibility index (Phi) is 5.37. The van der Waals surface area contributed by atoms with E-state index < -0.39 is 0 Å². The average Bonchev–Trinajstić information content (AvgIpc) is 3.23. The van der Waals surface area contributed by atoms with Gasteiger partial charge in [0.25, 0.3) is 5.56 Å². The number of hydrogen-bond acceptors (Lipinski definition) is 4. The first kappa shape index (κ1) is 20.3. The second kappa shape index (κ2) is 8.48. The molecule has 5 aromatic rings. The number of H-pyrrole nitrogens is 2. The molecule has 0 amide bonds. The zero-order valence-corrected chi connectivity index (χ0v) is 18.7. The third-order valence-electron chi connectivity index (χ3n) is 5.35. The first-order valence-corrected chi connectivity index (χ1v) is 11.4. The van der Waals surface area contributed by atoms with Gasteiger partial charge in [0, 0.05) is 11.1 Å². The van der Waals surface area contributed by atoms with Crippen molar-refractivity contribution in [3.8, 4) is 22.5 Å². The highest BCUT2D eigenvalue weighted by atomic mass is 32.2. The first-order chi connectivity index (χ1) is 15.6. The molecule has 0 aliphatic rings. The fraction of sp³-hybridized carbons (Fsp3) is 0.115. The van der Waals surface area contributed by atoms with Crippen molar-refractivity contribution in [3.05, 3.63) is 100 Å². The van der Waals surface area contributed by atoms with Crippen molar-refractivity contribution in [2.75, 3.05) is 0 Å². The van der Waals surface area contributed by atoms with Crippen molar-refractivity contribution < 1.29 is 0 Å². The molecular formula is C26H22N4OS. The van der Waals surface area contributed by atoms with E-state index in [0.717, 1.165) is 27.7 Å². The summed E-state index contributed by atoms with van der Waals surface area (Å²) in [4.78, 5) is 28.2. The van der Waals surface area contributed by atoms with Crippen molar-refractivity contribution in [1.82, 2.24) is 19.9 Å². The number of hydrogen-bond donors (Lipinski definition) is 2. The number of thioether (sulfide) groups is 1. The predicted molar refractivity (Wildman–Crippen MR) is 131 cm³/mol. The number of aromatic nitrogens is 4. The van der Waals surface area contributed by atoms with Gasteiger partial charge in [0.05, 0.1) is 28.0 Å². The molecule has 0 saturated carbocycles. The van der Waals surface area contributed by atoms with E-state index in [1.54, 1.807) is 6.07 Å². The van der Waals surface area contributed by atoms with Gasteiger partial charge in [-0.25, -0.2) is 9.97 Å². The van der Waals surface area contributed by atoms with E-state index >= 15 is 0 Å². The van der Waals surface area contributed by atoms with Crippen molar-refractivity contribution in [2.24, 2.45) is 0 Å². The molecule has 2 aromatic heterocycles. The fourth-order valence-corrected chi connectivity index (χ4v) is 4.35. The van der Waals surface area contributed by atoms with Crippen LogP contribution in [-0.2, 0) is 5.75 Å². The van der Waals surface area contributed by atoms with Crippen LogP contribution in [0.5, 0.6) is 0 Å². The van der Waals surface area contributed by atoms with Gasteiger partial charge in [-0.3, -0.25) is 4.79 Å². The number of imidazole rings is 1. The van der Waals surface area contributed by atoms with Crippen LogP contribution < -0.4 is 5.56 Å². The van der Waals surface area contributed by atoms with E-state index in [2.05, 4.69) is 77.3 Å². The summed E-state index contributed by atoms with van der Waals surface area (Å²) in [5.74, 6) is 1.14. The number of aromatic amines is 2. The number of benzene rings is 3. The molecule has 6 heteroatoms. The quantitative estimate of drug-likeness (QED) is 0.336. The molecule has 0 fully saturated rings. The zero-order chi connectivity index (χ0) is 22.1. The Morgan fingerprint density at radius 3 is 2.16 bits per heavy atom. The van der Waals surface area contributed by atoms with Crippen LogP contribution in [0.3, 0.4) is 0 Å². The molecule has 3 aromatic carbocycles. The highest BCUT2D eigenvalue weighted by molar-refractivity contribution is 7.98. The summed E-state index contributed by atoms with van der Waals surface area (Å²) in [5, 5.41) is 1.38. The summed E-state index contributed by atoms with van der Waals surface area (Å²) in [6, 6.07) is 24.2. The van der Waals surface area contributed by atoms with Crippen molar-refractivity contribution in [3.63, 3.8) is 0 Å². The normalized spacial score (nSPS) is 11.2. The van der Waals surface area contributed by atoms with Gasteiger partial charge in [-0.1, -0.05) is 83.6 Å². The van der Waals surface area contributed by atoms with Crippen LogP contribution in [0.2, 0.25) is 0 Å². The summed E-state index contributed by atoms with van der Waals surface area (Å²) in [6.45, 7) is 4.16. The van der Waals surface area contributed by atoms with Gasteiger partial charge >= 0.3 is 0 Å². The number of aryl methyl sites for hydroxylation is 2. The van der Waals surface area contributed by atoms with Gasteiger partial charge in [-0.2, -0.15) is 0 Å². The summed E-state index contributed by atoms with van der Waals surface area (Å²) < 4.78 is 0. The third-order valence-corrected chi connectivity index (χ3v) is 6.24. The van der Waals surface area contributed by atoms with Crippen LogP contribution in [-0.4, -0.2) is 19.9 Å². The monoisotopic (exact) mass is 438 g/mol. The molecule has 32 heavy (non-hydrogen) atoms. The minimum absolute atomic E-state index is 0.119. The molecule has 0 bridgehead atoms. The maximum absolute atomic E-state index is 12.4. The number of fused-ring (bicyclic) bond motifs is 1. The Labute approximate surface area is 190 Å². The smallest absolute Gasteiger partial charge is 0.258 e. The van der Waals surface area contributed by atoms with Gasteiger partial charge < -0.3 is 9.97 Å². The van der Waals surface area contributed by atoms with Gasteiger partial charge in [-0.15, -0.1) is 0 Å². The second-order valence-corrected chi connectivity index (χ2v) is 8.78. The first-order valence-electron chi connectivity index (χ1n) is 10.4. The van der Waals surface area contributed by atoms with Gasteiger partial charge in [0.2, 0.25) is 0 Å². The Balaban J connectivity index is 1.49. The van der Waals surface area contributed by atoms with E-state index in [0.29, 0.717) is 22.5 Å². The standard InChI is InChI=1S/C26H22N4OS/c1-16-7-11-18(12-8-16)23-24(19-13-9-17(2)10-14-19)30-26(29-23)32-15-22-27-21-6-4-3-5-20(21)25(31)28-22/h3-14H,15H2,1-2H3,(H,29,30)(H,27,28,31). The van der Waals surface area contributed by atoms with Crippen LogP contribution in [0.15, 0.2) is 82.7 Å². The highest BCUT2D eigenvalue weighted by Gasteiger charge is 2.15. The van der Waals surface area contributed by atoms with E-state index in [1.807, 2.05) is 18.2 Å². The lowest BCUT2D eigenvalue weighted by Gasteiger charge is -2.04. The largest absolute Gasteiger partial charge is 0.332 e. The molecule has 0 atom stereocenters. The fourth-order valence-electron chi connectivity index (χ4n) is 3.61. The van der Waals surface area contributed by atoms with Gasteiger partial charge in [0.1, 0.15) is 5.82 Å². The lowest BCUT2D eigenvalue weighted by molar-refractivity contribution is 1.02. The lowest BCUT2D eigenvalue weighted by Crippen LogP contribution is -2.11. The van der Waals surface area contributed by atoms with Crippen LogP contribution in [0.1, 0.15) is 17.0 Å². The highest BCUT2D eigenvalue weighted by Crippen LogP contribution is 2.33. The molecule has 158 valence electrons. The average molecular weight is 439 g/mol. The molecule has 0 aliphatic heterocycles. The molecule has 2 heterocycles. The summed E-state index contributed by atoms with van der Waals surface area (Å²) in [5.41, 5.74) is 7.05. The molecule has 0 spiro atoms. The summed E-state index contributed by atoms with van der Waals surface area (Å²) >= 11 is 1.52. The van der Waals surface area contributed by atoms with E-state index in [4.69, 9.17) is 4.98 Å². The van der Waals surface area contributed by atoms with E-state index in [-0.39, 0.29) is 5.56 Å². The molecule has 0 unspecified atom stereocenters. The predicted octanol–water partition coefficient (Wildman–Crippen LogP) is 5.89. The summed E-state index contributed by atoms with van der Waals surface area (Å²) in [6.07, 6.45) is 0. The minimum Gasteiger partial charge on any atom is -0.332 e. The molecule has 2 N–H and O–H groups in total. The molecule has 0 radical (unpaired) electrons. The maximum atomic E-state index is 12.4. The van der Waals surface area contributed by atoms with E-state index in [9.17, 15) is 4.79 Å². The maximum Gasteiger partial charge on any atom is 0.258 e.